The summed E-state index contributed by atoms with van der Waals surface area (Å²) in [6, 6.07) is 5.18. The molecule has 0 aliphatic carbocycles. The Morgan fingerprint density at radius 2 is 1.31 bits per heavy atom. The minimum atomic E-state index is 0.0315. The lowest BCUT2D eigenvalue weighted by Crippen LogP contribution is -1.85. The summed E-state index contributed by atoms with van der Waals surface area (Å²) in [5.41, 5.74) is 3.23. The summed E-state index contributed by atoms with van der Waals surface area (Å²) in [5, 5.41) is 1.01. The molecule has 0 saturated carbocycles. The predicted octanol–water partition coefficient (Wildman–Crippen LogP) is 9.53. The molecule has 0 aromatic carbocycles. The van der Waals surface area contributed by atoms with Gasteiger partial charge in [-0.2, -0.15) is 0 Å². The first-order chi connectivity index (χ1) is 15.2. The van der Waals surface area contributed by atoms with Crippen molar-refractivity contribution in [3.05, 3.63) is 66.1 Å². The van der Waals surface area contributed by atoms with E-state index < -0.39 is 0 Å². The van der Waals surface area contributed by atoms with Gasteiger partial charge in [0.15, 0.2) is 0 Å². The van der Waals surface area contributed by atoms with E-state index in [9.17, 15) is 0 Å². The maximum atomic E-state index is 6.64. The maximum absolute atomic E-state index is 6.64. The van der Waals surface area contributed by atoms with Crippen LogP contribution in [0.1, 0.15) is 22.8 Å². The van der Waals surface area contributed by atoms with Crippen LogP contribution in [0.5, 0.6) is 0 Å². The predicted molar refractivity (Wildman–Crippen MR) is 138 cm³/mol. The molecule has 162 valence electrons. The topological polar surface area (TPSA) is 46.5 Å². The van der Waals surface area contributed by atoms with Crippen LogP contribution in [0.4, 0.5) is 0 Å². The Hall–Kier alpha value is -1.08. The van der Waals surface area contributed by atoms with Gasteiger partial charge < -0.3 is 4.98 Å². The zero-order chi connectivity index (χ0) is 22.9. The van der Waals surface area contributed by atoms with E-state index in [0.717, 1.165) is 0 Å². The van der Waals surface area contributed by atoms with Gasteiger partial charge in [0.2, 0.25) is 0 Å². The molecule has 3 aromatic rings. The quantitative estimate of drug-likeness (QED) is 0.223. The lowest BCUT2D eigenvalue weighted by molar-refractivity contribution is 1.29. The van der Waals surface area contributed by atoms with Crippen LogP contribution in [0.15, 0.2) is 18.2 Å². The smallest absolute Gasteiger partial charge is 0.105 e. The highest BCUT2D eigenvalue weighted by Crippen LogP contribution is 2.45. The van der Waals surface area contributed by atoms with Crippen LogP contribution in [-0.2, 0) is 0 Å². The number of aromatic nitrogens is 4. The van der Waals surface area contributed by atoms with Gasteiger partial charge in [-0.05, 0) is 30.4 Å². The zero-order valence-corrected chi connectivity index (χ0v) is 21.3. The first-order valence-electron chi connectivity index (χ1n) is 8.73. The molecule has 0 unspecified atom stereocenters. The summed E-state index contributed by atoms with van der Waals surface area (Å²) >= 11 is 52.0. The Labute approximate surface area is 221 Å². The van der Waals surface area contributed by atoms with Gasteiger partial charge in [-0.1, -0.05) is 81.2 Å². The number of nitrogens with one attached hydrogen (secondary N) is 1. The first kappa shape index (κ1) is 22.7. The monoisotopic (exact) mass is 582 g/mol. The largest absolute Gasteiger partial charge is 0.353 e. The number of H-pyrrole nitrogens is 1. The maximum Gasteiger partial charge on any atom is 0.105 e. The van der Waals surface area contributed by atoms with Crippen LogP contribution in [-0.4, -0.2) is 19.0 Å². The molecule has 1 N–H and O–H groups in total. The fourth-order valence-corrected chi connectivity index (χ4v) is 5.74. The molecule has 0 radical (unpaired) electrons. The van der Waals surface area contributed by atoms with Crippen molar-refractivity contribution in [2.24, 2.45) is 0 Å². The van der Waals surface area contributed by atoms with Crippen LogP contribution in [0.25, 0.3) is 44.3 Å². The average molecular weight is 586 g/mol. The highest BCUT2D eigenvalue weighted by molar-refractivity contribution is 6.67. The summed E-state index contributed by atoms with van der Waals surface area (Å²) in [4.78, 5) is 12.1. The molecule has 0 fully saturated rings. The Morgan fingerprint density at radius 1 is 0.688 bits per heavy atom. The van der Waals surface area contributed by atoms with Crippen LogP contribution < -0.4 is 0 Å². The molecule has 0 saturated heterocycles. The molecule has 5 rings (SSSR count). The zero-order valence-electron chi connectivity index (χ0n) is 15.3. The van der Waals surface area contributed by atoms with Crippen LogP contribution in [0.2, 0.25) is 25.1 Å². The van der Waals surface area contributed by atoms with Crippen molar-refractivity contribution in [3.8, 4) is 0 Å². The minimum absolute atomic E-state index is 0.0315. The number of hydrogen-bond acceptors (Lipinski definition) is 2. The first-order valence-corrected chi connectivity index (χ1v) is 11.7. The summed E-state index contributed by atoms with van der Waals surface area (Å²) in [6.45, 7) is 0. The van der Waals surface area contributed by atoms with E-state index in [2.05, 4.69) is 15.0 Å². The Balaban J connectivity index is 2.05. The molecule has 0 amide bonds. The van der Waals surface area contributed by atoms with Crippen molar-refractivity contribution in [3.63, 3.8) is 0 Å². The number of aromatic amines is 1. The van der Waals surface area contributed by atoms with Crippen molar-refractivity contribution < 1.29 is 0 Å². The van der Waals surface area contributed by atoms with Gasteiger partial charge in [-0.15, -0.1) is 0 Å². The summed E-state index contributed by atoms with van der Waals surface area (Å²) in [6.07, 6.45) is 3.62. The van der Waals surface area contributed by atoms with Crippen LogP contribution in [0.3, 0.4) is 0 Å². The molecule has 32 heavy (non-hydrogen) atoms. The van der Waals surface area contributed by atoms with E-state index >= 15 is 0 Å². The fraction of sp³-hybridized carbons (Fsp3) is 0. The van der Waals surface area contributed by atoms with Gasteiger partial charge in [0.1, 0.15) is 11.4 Å². The molecule has 3 aromatic heterocycles. The third kappa shape index (κ3) is 3.53. The lowest BCUT2D eigenvalue weighted by atomic mass is 10.3. The number of nitrogens with zero attached hydrogens (tertiary/aromatic N) is 3. The Bertz CT molecular complexity index is 1560. The SMILES string of the molecule is ClC1=C(Cl)c2nc1c(Cl)c1[nH]c(cc3nc(cc4c(Cl)c(Cl)c(c2Cl)n4Cl)C=C3)cc1Cl. The van der Waals surface area contributed by atoms with E-state index in [1.54, 1.807) is 24.3 Å². The molecule has 8 bridgehead atoms. The Kier molecular flexibility index (Phi) is 5.89. The minimum Gasteiger partial charge on any atom is -0.353 e. The van der Waals surface area contributed by atoms with Gasteiger partial charge in [-0.25, -0.2) is 14.1 Å². The Morgan fingerprint density at radius 3 is 2.00 bits per heavy atom. The summed E-state index contributed by atoms with van der Waals surface area (Å²) in [5.74, 6) is 0. The summed E-state index contributed by atoms with van der Waals surface area (Å²) < 4.78 is 1.22. The molecule has 0 spiro atoms. The number of hydrogen-bond donors (Lipinski definition) is 1. The second kappa shape index (κ2) is 8.30. The molecular formula is C20H6Cl8N4. The molecule has 4 nitrogen and oxygen atoms in total. The van der Waals surface area contributed by atoms with Gasteiger partial charge in [-0.3, -0.25) is 0 Å². The van der Waals surface area contributed by atoms with Gasteiger partial charge in [0.25, 0.3) is 0 Å². The van der Waals surface area contributed by atoms with Gasteiger partial charge >= 0.3 is 0 Å². The van der Waals surface area contributed by atoms with E-state index in [1.165, 1.54) is 4.09 Å². The van der Waals surface area contributed by atoms with Crippen molar-refractivity contribution >= 4 is 137 Å². The second-order valence-electron chi connectivity index (χ2n) is 6.74. The highest BCUT2D eigenvalue weighted by Gasteiger charge is 2.26. The second-order valence-corrected chi connectivity index (χ2v) is 9.75. The third-order valence-electron chi connectivity index (χ3n) is 4.77. The van der Waals surface area contributed by atoms with E-state index in [-0.39, 0.29) is 47.1 Å². The third-order valence-corrected chi connectivity index (χ3v) is 7.83. The molecule has 5 heterocycles. The van der Waals surface area contributed by atoms with Crippen molar-refractivity contribution in [2.75, 3.05) is 0 Å². The van der Waals surface area contributed by atoms with E-state index in [0.29, 0.717) is 33.0 Å². The van der Waals surface area contributed by atoms with Gasteiger partial charge in [0, 0.05) is 17.3 Å². The summed E-state index contributed by atoms with van der Waals surface area (Å²) in [7, 11) is 0. The normalized spacial score (nSPS) is 13.4. The molecule has 2 aliphatic rings. The number of halogens is 8. The van der Waals surface area contributed by atoms with Crippen molar-refractivity contribution in [1.82, 2.24) is 19.0 Å². The average Bonchev–Trinajstić information content (AvgIpc) is 3.47. The van der Waals surface area contributed by atoms with Crippen molar-refractivity contribution in [1.29, 1.82) is 0 Å². The number of rotatable bonds is 0. The standard InChI is InChI=1S/C20H6Cl8N4/c21-9-4-8-3-6-1-2-7(29-6)5-10-11(22)14(25)20(32(10)28)16(27)19-13(24)12(23)18(31-19)15(26)17(9)30-8/h1-5,30H. The van der Waals surface area contributed by atoms with E-state index in [4.69, 9.17) is 93.0 Å². The number of fused-ring (bicyclic) bond motifs is 8. The van der Waals surface area contributed by atoms with Crippen LogP contribution in [0, 0.1) is 0 Å². The molecular weight excluding hydrogens is 580 g/mol. The molecule has 2 aliphatic heterocycles. The van der Waals surface area contributed by atoms with Crippen LogP contribution >= 0.6 is 93.0 Å². The van der Waals surface area contributed by atoms with Crippen molar-refractivity contribution in [2.45, 2.75) is 0 Å². The lowest BCUT2D eigenvalue weighted by Gasteiger charge is -1.98. The molecule has 12 heteroatoms. The van der Waals surface area contributed by atoms with Gasteiger partial charge in [0.05, 0.1) is 63.1 Å². The van der Waals surface area contributed by atoms with E-state index in [1.807, 2.05) is 6.08 Å². The fourth-order valence-electron chi connectivity index (χ4n) is 3.29. The molecule has 0 atom stereocenters. The highest BCUT2D eigenvalue weighted by atomic mass is 35.5.